The van der Waals surface area contributed by atoms with Gasteiger partial charge in [0.2, 0.25) is 0 Å². The molecule has 0 saturated carbocycles. The van der Waals surface area contributed by atoms with Gasteiger partial charge in [-0.25, -0.2) is 4.39 Å². The van der Waals surface area contributed by atoms with Crippen molar-refractivity contribution in [1.82, 2.24) is 5.32 Å². The second-order valence-electron chi connectivity index (χ2n) is 4.46. The summed E-state index contributed by atoms with van der Waals surface area (Å²) < 4.78 is 13.7. The lowest BCUT2D eigenvalue weighted by molar-refractivity contribution is 0.0936. The topological polar surface area (TPSA) is 29.1 Å². The Hall–Kier alpha value is -1.29. The number of carbonyl (C=O) groups is 1. The summed E-state index contributed by atoms with van der Waals surface area (Å²) in [5.41, 5.74) is 0.498. The minimum absolute atomic E-state index is 0.0573. The van der Waals surface area contributed by atoms with Crippen LogP contribution < -0.4 is 5.32 Å². The van der Waals surface area contributed by atoms with Gasteiger partial charge in [-0.2, -0.15) is 0 Å². The van der Waals surface area contributed by atoms with Crippen molar-refractivity contribution in [2.45, 2.75) is 13.0 Å². The van der Waals surface area contributed by atoms with E-state index in [9.17, 15) is 9.18 Å². The number of halogens is 4. The number of amides is 1. The molecule has 2 rings (SSSR count). The molecule has 2 aromatic rings. The quantitative estimate of drug-likeness (QED) is 0.805. The SMILES string of the molecule is CC(NC(=O)c1c(F)cccc1Cl)c1ccc(Cl)cc1Cl. The van der Waals surface area contributed by atoms with Crippen molar-refractivity contribution in [1.29, 1.82) is 0 Å². The minimum atomic E-state index is -0.672. The van der Waals surface area contributed by atoms with Crippen LogP contribution in [-0.4, -0.2) is 5.91 Å². The average Bonchev–Trinajstić information content (AvgIpc) is 2.37. The molecule has 0 radical (unpaired) electrons. The highest BCUT2D eigenvalue weighted by molar-refractivity contribution is 6.35. The van der Waals surface area contributed by atoms with Crippen LogP contribution in [0.5, 0.6) is 0 Å². The van der Waals surface area contributed by atoms with Gasteiger partial charge in [0.25, 0.3) is 5.91 Å². The molecule has 1 atom stereocenters. The van der Waals surface area contributed by atoms with Crippen molar-refractivity contribution < 1.29 is 9.18 Å². The largest absolute Gasteiger partial charge is 0.345 e. The highest BCUT2D eigenvalue weighted by Crippen LogP contribution is 2.27. The van der Waals surface area contributed by atoms with Gasteiger partial charge in [-0.1, -0.05) is 46.9 Å². The second kappa shape index (κ2) is 6.65. The molecule has 21 heavy (non-hydrogen) atoms. The lowest BCUT2D eigenvalue weighted by atomic mass is 10.1. The van der Waals surface area contributed by atoms with Crippen molar-refractivity contribution in [3.63, 3.8) is 0 Å². The van der Waals surface area contributed by atoms with Gasteiger partial charge < -0.3 is 5.32 Å². The molecule has 1 N–H and O–H groups in total. The first-order valence-electron chi connectivity index (χ1n) is 6.10. The van der Waals surface area contributed by atoms with E-state index in [0.29, 0.717) is 15.6 Å². The van der Waals surface area contributed by atoms with E-state index in [2.05, 4.69) is 5.32 Å². The van der Waals surface area contributed by atoms with Crippen molar-refractivity contribution in [3.8, 4) is 0 Å². The zero-order valence-electron chi connectivity index (χ0n) is 11.0. The fourth-order valence-corrected chi connectivity index (χ4v) is 2.73. The fraction of sp³-hybridized carbons (Fsp3) is 0.133. The van der Waals surface area contributed by atoms with E-state index in [1.54, 1.807) is 25.1 Å². The summed E-state index contributed by atoms with van der Waals surface area (Å²) >= 11 is 17.8. The smallest absolute Gasteiger partial charge is 0.256 e. The normalized spacial score (nSPS) is 12.0. The van der Waals surface area contributed by atoms with Crippen molar-refractivity contribution in [2.75, 3.05) is 0 Å². The Bertz CT molecular complexity index is 670. The van der Waals surface area contributed by atoms with Gasteiger partial charge in [0.1, 0.15) is 5.82 Å². The second-order valence-corrected chi connectivity index (χ2v) is 5.71. The molecule has 0 aromatic heterocycles. The van der Waals surface area contributed by atoms with E-state index in [1.165, 1.54) is 18.2 Å². The van der Waals surface area contributed by atoms with Gasteiger partial charge >= 0.3 is 0 Å². The van der Waals surface area contributed by atoms with Crippen molar-refractivity contribution in [3.05, 3.63) is 68.4 Å². The molecule has 0 spiro atoms. The van der Waals surface area contributed by atoms with Gasteiger partial charge in [-0.3, -0.25) is 4.79 Å². The van der Waals surface area contributed by atoms with E-state index in [4.69, 9.17) is 34.8 Å². The predicted octanol–water partition coefficient (Wildman–Crippen LogP) is 5.28. The lowest BCUT2D eigenvalue weighted by Gasteiger charge is -2.16. The van der Waals surface area contributed by atoms with E-state index in [0.717, 1.165) is 0 Å². The highest BCUT2D eigenvalue weighted by atomic mass is 35.5. The third-order valence-corrected chi connectivity index (χ3v) is 3.84. The number of hydrogen-bond donors (Lipinski definition) is 1. The monoisotopic (exact) mass is 345 g/mol. The Kier molecular flexibility index (Phi) is 5.09. The maximum atomic E-state index is 13.7. The third kappa shape index (κ3) is 3.67. The summed E-state index contributed by atoms with van der Waals surface area (Å²) in [6.07, 6.45) is 0. The molecule has 0 aliphatic carbocycles. The van der Waals surface area contributed by atoms with E-state index >= 15 is 0 Å². The van der Waals surface area contributed by atoms with Gasteiger partial charge in [0.05, 0.1) is 16.6 Å². The number of carbonyl (C=O) groups excluding carboxylic acids is 1. The first-order valence-corrected chi connectivity index (χ1v) is 7.23. The molecule has 1 amide bonds. The van der Waals surface area contributed by atoms with Crippen LogP contribution in [0.1, 0.15) is 28.9 Å². The Morgan fingerprint density at radius 1 is 1.14 bits per heavy atom. The molecule has 2 nitrogen and oxygen atoms in total. The molecule has 0 heterocycles. The van der Waals surface area contributed by atoms with Crippen LogP contribution in [0.25, 0.3) is 0 Å². The summed E-state index contributed by atoms with van der Waals surface area (Å²) in [4.78, 5) is 12.1. The Labute approximate surface area is 136 Å². The van der Waals surface area contributed by atoms with E-state index < -0.39 is 17.8 Å². The van der Waals surface area contributed by atoms with Crippen LogP contribution >= 0.6 is 34.8 Å². The molecule has 0 aliphatic rings. The summed E-state index contributed by atoms with van der Waals surface area (Å²) in [6, 6.07) is 8.61. The van der Waals surface area contributed by atoms with Gasteiger partial charge in [0.15, 0.2) is 0 Å². The Morgan fingerprint density at radius 2 is 1.86 bits per heavy atom. The highest BCUT2D eigenvalue weighted by Gasteiger charge is 2.19. The molecule has 110 valence electrons. The molecule has 2 aromatic carbocycles. The summed E-state index contributed by atoms with van der Waals surface area (Å²) in [6.45, 7) is 1.74. The van der Waals surface area contributed by atoms with Crippen LogP contribution in [-0.2, 0) is 0 Å². The predicted molar refractivity (Wildman–Crippen MR) is 83.8 cm³/mol. The van der Waals surface area contributed by atoms with E-state index in [-0.39, 0.29) is 10.6 Å². The molecule has 0 fully saturated rings. The van der Waals surface area contributed by atoms with Gasteiger partial charge in [-0.15, -0.1) is 0 Å². The standard InChI is InChI=1S/C15H11Cl3FNO/c1-8(10-6-5-9(16)7-12(10)18)20-15(21)14-11(17)3-2-4-13(14)19/h2-8H,1H3,(H,20,21). The lowest BCUT2D eigenvalue weighted by Crippen LogP contribution is -2.28. The molecular weight excluding hydrogens is 336 g/mol. The van der Waals surface area contributed by atoms with Crippen LogP contribution in [0.3, 0.4) is 0 Å². The van der Waals surface area contributed by atoms with Crippen LogP contribution in [0.2, 0.25) is 15.1 Å². The summed E-state index contributed by atoms with van der Waals surface area (Å²) in [5, 5.41) is 3.65. The van der Waals surface area contributed by atoms with Crippen LogP contribution in [0.15, 0.2) is 36.4 Å². The molecular formula is C15H11Cl3FNO. The van der Waals surface area contributed by atoms with Gasteiger partial charge in [0, 0.05) is 10.0 Å². The maximum absolute atomic E-state index is 13.7. The molecule has 1 unspecified atom stereocenters. The van der Waals surface area contributed by atoms with Crippen LogP contribution in [0, 0.1) is 5.82 Å². The zero-order chi connectivity index (χ0) is 15.6. The third-order valence-electron chi connectivity index (χ3n) is 2.97. The summed E-state index contributed by atoms with van der Waals surface area (Å²) in [7, 11) is 0. The summed E-state index contributed by atoms with van der Waals surface area (Å²) in [5.74, 6) is -1.27. The number of hydrogen-bond acceptors (Lipinski definition) is 1. The molecule has 6 heteroatoms. The minimum Gasteiger partial charge on any atom is -0.345 e. The van der Waals surface area contributed by atoms with E-state index in [1.807, 2.05) is 0 Å². The van der Waals surface area contributed by atoms with Crippen molar-refractivity contribution >= 4 is 40.7 Å². The van der Waals surface area contributed by atoms with Crippen molar-refractivity contribution in [2.24, 2.45) is 0 Å². The van der Waals surface area contributed by atoms with Crippen LogP contribution in [0.4, 0.5) is 4.39 Å². The zero-order valence-corrected chi connectivity index (χ0v) is 13.2. The molecule has 0 aliphatic heterocycles. The first-order chi connectivity index (χ1) is 9.90. The molecule has 0 saturated heterocycles. The number of benzene rings is 2. The molecule has 0 bridgehead atoms. The number of nitrogens with one attached hydrogen (secondary N) is 1. The number of rotatable bonds is 3. The maximum Gasteiger partial charge on any atom is 0.256 e. The van der Waals surface area contributed by atoms with Gasteiger partial charge in [-0.05, 0) is 36.8 Å². The first kappa shape index (κ1) is 16.1. The average molecular weight is 347 g/mol. The Morgan fingerprint density at radius 3 is 2.48 bits per heavy atom. The fourth-order valence-electron chi connectivity index (χ4n) is 1.91. The Balaban J connectivity index is 2.23.